The Balaban J connectivity index is 1.47. The monoisotopic (exact) mass is 487 g/mol. The van der Waals surface area contributed by atoms with Gasteiger partial charge in [0.25, 0.3) is 0 Å². The molecule has 3 fully saturated rings. The summed E-state index contributed by atoms with van der Waals surface area (Å²) in [5.41, 5.74) is 2.18. The van der Waals surface area contributed by atoms with Crippen LogP contribution in [-0.2, 0) is 9.48 Å². The summed E-state index contributed by atoms with van der Waals surface area (Å²) in [5.74, 6) is 1.33. The summed E-state index contributed by atoms with van der Waals surface area (Å²) >= 11 is 0. The normalized spacial score (nSPS) is 22.2. The molecule has 3 aliphatic rings. The lowest BCUT2D eigenvalue weighted by Gasteiger charge is -2.39. The summed E-state index contributed by atoms with van der Waals surface area (Å²) in [6.07, 6.45) is 5.90. The molecule has 2 saturated carbocycles. The van der Waals surface area contributed by atoms with E-state index in [0.717, 1.165) is 37.2 Å². The highest BCUT2D eigenvalue weighted by atomic mass is 32.3. The lowest BCUT2D eigenvalue weighted by atomic mass is 10.1. The second-order valence-electron chi connectivity index (χ2n) is 9.54. The van der Waals surface area contributed by atoms with Crippen molar-refractivity contribution in [2.24, 2.45) is 0 Å². The van der Waals surface area contributed by atoms with Gasteiger partial charge in [-0.1, -0.05) is 6.92 Å². The minimum absolute atomic E-state index is 0.197. The topological polar surface area (TPSA) is 120 Å². The van der Waals surface area contributed by atoms with Crippen LogP contribution in [0.3, 0.4) is 0 Å². The first-order valence-electron chi connectivity index (χ1n) is 11.9. The maximum absolute atomic E-state index is 12.0. The molecule has 2 aliphatic carbocycles. The number of hydrogen-bond donors (Lipinski definition) is 4. The molecular formula is C24H33N5O4S. The lowest BCUT2D eigenvalue weighted by molar-refractivity contribution is 0.0925. The van der Waals surface area contributed by atoms with Crippen molar-refractivity contribution in [3.8, 4) is 11.4 Å². The first-order valence-corrected chi connectivity index (χ1v) is 13.9. The molecule has 1 atom stereocenters. The average Bonchev–Trinajstić information content (AvgIpc) is 3.73. The van der Waals surface area contributed by atoms with Crippen LogP contribution in [0, 0.1) is 0 Å². The van der Waals surface area contributed by atoms with Crippen LogP contribution in [-0.4, -0.2) is 63.2 Å². The molecule has 2 heterocycles. The number of carbonyl (C=O) groups excluding carboxylic acids is 1. The maximum atomic E-state index is 12.0. The molecule has 0 radical (unpaired) electrons. The van der Waals surface area contributed by atoms with E-state index in [2.05, 4.69) is 22.5 Å². The van der Waals surface area contributed by atoms with E-state index in [1.807, 2.05) is 30.3 Å². The number of anilines is 2. The van der Waals surface area contributed by atoms with Gasteiger partial charge in [-0.3, -0.25) is 9.11 Å². The predicted octanol–water partition coefficient (Wildman–Crippen LogP) is 4.41. The van der Waals surface area contributed by atoms with Crippen molar-refractivity contribution in [3.63, 3.8) is 0 Å². The van der Waals surface area contributed by atoms with Crippen molar-refractivity contribution in [3.05, 3.63) is 36.0 Å². The SMILES string of the molecule is CC[C@H]1COCCN1c1cc(C2(S(C)(O)O)CC2)nc(-c2ccc(NC(=O)NC3CC3)cc2)n1. The zero-order chi connectivity index (χ0) is 23.9. The quantitative estimate of drug-likeness (QED) is 0.457. The molecule has 1 aliphatic heterocycles. The Morgan fingerprint density at radius 1 is 1.24 bits per heavy atom. The average molecular weight is 488 g/mol. The molecule has 184 valence electrons. The number of nitrogens with one attached hydrogen (secondary N) is 2. The molecule has 1 aromatic heterocycles. The van der Waals surface area contributed by atoms with Gasteiger partial charge in [0.2, 0.25) is 0 Å². The predicted molar refractivity (Wildman–Crippen MR) is 135 cm³/mol. The van der Waals surface area contributed by atoms with Gasteiger partial charge in [-0.2, -0.15) is 10.6 Å². The molecule has 10 heteroatoms. The van der Waals surface area contributed by atoms with Crippen LogP contribution in [0.25, 0.3) is 11.4 Å². The van der Waals surface area contributed by atoms with E-state index < -0.39 is 15.3 Å². The fourth-order valence-electron chi connectivity index (χ4n) is 4.48. The number of urea groups is 1. The third-order valence-electron chi connectivity index (χ3n) is 6.93. The Hall–Kier alpha value is -2.40. The maximum Gasteiger partial charge on any atom is 0.319 e. The number of morpholine rings is 1. The smallest absolute Gasteiger partial charge is 0.319 e. The molecule has 5 rings (SSSR count). The van der Waals surface area contributed by atoms with E-state index in [0.29, 0.717) is 49.3 Å². The Labute approximate surface area is 201 Å². The zero-order valence-electron chi connectivity index (χ0n) is 19.7. The molecule has 2 amide bonds. The van der Waals surface area contributed by atoms with Crippen molar-refractivity contribution in [2.75, 3.05) is 36.2 Å². The summed E-state index contributed by atoms with van der Waals surface area (Å²) in [6, 6.07) is 9.67. The molecule has 0 bridgehead atoms. The minimum Gasteiger partial charge on any atom is -0.377 e. The Morgan fingerprint density at radius 2 is 1.97 bits per heavy atom. The third kappa shape index (κ3) is 4.72. The van der Waals surface area contributed by atoms with Crippen LogP contribution in [0.1, 0.15) is 44.7 Å². The largest absolute Gasteiger partial charge is 0.377 e. The van der Waals surface area contributed by atoms with Crippen LogP contribution in [0.15, 0.2) is 30.3 Å². The highest BCUT2D eigenvalue weighted by Gasteiger charge is 2.55. The van der Waals surface area contributed by atoms with Gasteiger partial charge < -0.3 is 20.3 Å². The number of benzene rings is 1. The summed E-state index contributed by atoms with van der Waals surface area (Å²) in [7, 11) is -2.82. The van der Waals surface area contributed by atoms with Crippen LogP contribution >= 0.6 is 10.6 Å². The number of nitrogens with zero attached hydrogens (tertiary/aromatic N) is 3. The second kappa shape index (κ2) is 8.99. The fraction of sp³-hybridized carbons (Fsp3) is 0.542. The van der Waals surface area contributed by atoms with Crippen molar-refractivity contribution in [1.82, 2.24) is 15.3 Å². The van der Waals surface area contributed by atoms with Crippen molar-refractivity contribution < 1.29 is 18.6 Å². The molecule has 34 heavy (non-hydrogen) atoms. The molecule has 0 spiro atoms. The number of ether oxygens (including phenoxy) is 1. The van der Waals surface area contributed by atoms with Crippen LogP contribution in [0.2, 0.25) is 0 Å². The Morgan fingerprint density at radius 3 is 2.59 bits per heavy atom. The van der Waals surface area contributed by atoms with Crippen LogP contribution in [0.5, 0.6) is 0 Å². The highest BCUT2D eigenvalue weighted by Crippen LogP contribution is 2.69. The second-order valence-corrected chi connectivity index (χ2v) is 12.0. The molecule has 4 N–H and O–H groups in total. The molecule has 9 nitrogen and oxygen atoms in total. The van der Waals surface area contributed by atoms with Gasteiger partial charge in [-0.25, -0.2) is 14.8 Å². The van der Waals surface area contributed by atoms with Gasteiger partial charge in [0.1, 0.15) is 10.6 Å². The number of carbonyl (C=O) groups is 1. The zero-order valence-corrected chi connectivity index (χ0v) is 20.5. The first kappa shape index (κ1) is 23.3. The fourth-order valence-corrected chi connectivity index (χ4v) is 5.85. The molecule has 1 saturated heterocycles. The number of hydrogen-bond acceptors (Lipinski definition) is 7. The van der Waals surface area contributed by atoms with E-state index in [1.165, 1.54) is 6.26 Å². The Kier molecular flexibility index (Phi) is 6.18. The van der Waals surface area contributed by atoms with Crippen molar-refractivity contribution in [2.45, 2.75) is 55.9 Å². The van der Waals surface area contributed by atoms with Crippen molar-refractivity contribution in [1.29, 1.82) is 0 Å². The van der Waals surface area contributed by atoms with Gasteiger partial charge >= 0.3 is 6.03 Å². The van der Waals surface area contributed by atoms with Crippen molar-refractivity contribution >= 4 is 28.1 Å². The van der Waals surface area contributed by atoms with Crippen LogP contribution < -0.4 is 15.5 Å². The molecular weight excluding hydrogens is 454 g/mol. The highest BCUT2D eigenvalue weighted by molar-refractivity contribution is 8.24. The summed E-state index contributed by atoms with van der Waals surface area (Å²) < 4.78 is 26.2. The minimum atomic E-state index is -2.82. The van der Waals surface area contributed by atoms with Gasteiger partial charge in [-0.15, -0.1) is 0 Å². The summed E-state index contributed by atoms with van der Waals surface area (Å²) in [5, 5.41) is 5.77. The third-order valence-corrected chi connectivity index (χ3v) is 9.03. The standard InChI is InChI=1S/C24H33N5O4S/c1-3-19-15-33-13-12-29(19)21-14-20(24(10-11-24)34(2,31)32)27-22(28-21)16-4-6-17(7-5-16)25-23(30)26-18-8-9-18/h4-7,14,18-19,31-32H,3,8-13,15H2,1-2H3,(H2,25,26,30)/t19-/m0/s1. The number of amides is 2. The number of rotatable bonds is 7. The van der Waals surface area contributed by atoms with E-state index >= 15 is 0 Å². The number of aromatic nitrogens is 2. The van der Waals surface area contributed by atoms with E-state index in [4.69, 9.17) is 14.7 Å². The Bertz CT molecular complexity index is 1050. The van der Waals surface area contributed by atoms with E-state index in [1.54, 1.807) is 0 Å². The van der Waals surface area contributed by atoms with Gasteiger partial charge in [0.15, 0.2) is 5.82 Å². The van der Waals surface area contributed by atoms with E-state index in [9.17, 15) is 13.9 Å². The van der Waals surface area contributed by atoms with Crippen LogP contribution in [0.4, 0.5) is 16.3 Å². The first-order chi connectivity index (χ1) is 16.3. The van der Waals surface area contributed by atoms with Gasteiger partial charge in [0, 0.05) is 36.2 Å². The molecule has 2 aromatic rings. The summed E-state index contributed by atoms with van der Waals surface area (Å²) in [4.78, 5) is 24.0. The summed E-state index contributed by atoms with van der Waals surface area (Å²) in [6.45, 7) is 4.12. The van der Waals surface area contributed by atoms with Gasteiger partial charge in [0.05, 0.1) is 24.9 Å². The van der Waals surface area contributed by atoms with E-state index in [-0.39, 0.29) is 12.1 Å². The lowest BCUT2D eigenvalue weighted by Crippen LogP contribution is -2.45. The van der Waals surface area contributed by atoms with Gasteiger partial charge in [-0.05, 0) is 56.4 Å². The molecule has 1 aromatic carbocycles. The molecule has 0 unspecified atom stereocenters.